The summed E-state index contributed by atoms with van der Waals surface area (Å²) < 4.78 is 7.76. The minimum absolute atomic E-state index is 0.0449. The van der Waals surface area contributed by atoms with Gasteiger partial charge >= 0.3 is 0 Å². The van der Waals surface area contributed by atoms with Crippen molar-refractivity contribution in [3.8, 4) is 11.6 Å². The van der Waals surface area contributed by atoms with Gasteiger partial charge in [0.25, 0.3) is 0 Å². The molecule has 0 fully saturated rings. The molecule has 4 aromatic rings. The molecule has 0 aliphatic heterocycles. The number of ether oxygens (including phenoxy) is 1. The predicted molar refractivity (Wildman–Crippen MR) is 129 cm³/mol. The Hall–Kier alpha value is -3.29. The van der Waals surface area contributed by atoms with Gasteiger partial charge < -0.3 is 25.0 Å². The maximum absolute atomic E-state index is 9.50. The molecule has 2 aromatic carbocycles. The minimum Gasteiger partial charge on any atom is -0.439 e. The number of aliphatic hydroxyl groups is 1. The smallest absolute Gasteiger partial charge is 0.219 e. The van der Waals surface area contributed by atoms with Crippen molar-refractivity contribution in [2.24, 2.45) is 7.05 Å². The summed E-state index contributed by atoms with van der Waals surface area (Å²) in [5.74, 6) is 1.98. The third-order valence-corrected chi connectivity index (χ3v) is 5.28. The Morgan fingerprint density at radius 3 is 2.56 bits per heavy atom. The lowest BCUT2D eigenvalue weighted by Gasteiger charge is -2.24. The number of halogens is 1. The lowest BCUT2D eigenvalue weighted by Crippen LogP contribution is -2.34. The molecule has 0 unspecified atom stereocenters. The van der Waals surface area contributed by atoms with Gasteiger partial charge in [0.05, 0.1) is 28.2 Å². The van der Waals surface area contributed by atoms with E-state index >= 15 is 0 Å². The van der Waals surface area contributed by atoms with Gasteiger partial charge in [0, 0.05) is 31.5 Å². The van der Waals surface area contributed by atoms with Gasteiger partial charge in [-0.2, -0.15) is 0 Å². The second kappa shape index (κ2) is 9.06. The van der Waals surface area contributed by atoms with Gasteiger partial charge in [-0.25, -0.2) is 9.97 Å². The monoisotopic (exact) mass is 451 g/mol. The van der Waals surface area contributed by atoms with Crippen LogP contribution in [0.3, 0.4) is 0 Å². The van der Waals surface area contributed by atoms with Gasteiger partial charge in [0.15, 0.2) is 0 Å². The van der Waals surface area contributed by atoms with Crippen molar-refractivity contribution in [1.29, 1.82) is 0 Å². The van der Waals surface area contributed by atoms with Crippen molar-refractivity contribution in [2.45, 2.75) is 25.9 Å². The summed E-state index contributed by atoms with van der Waals surface area (Å²) >= 11 is 5.85. The summed E-state index contributed by atoms with van der Waals surface area (Å²) in [5.41, 5.74) is 3.55. The average Bonchev–Trinajstić information content (AvgIpc) is 3.10. The summed E-state index contributed by atoms with van der Waals surface area (Å²) in [6, 6.07) is 17.3. The molecule has 7 nitrogen and oxygen atoms in total. The Morgan fingerprint density at radius 2 is 1.88 bits per heavy atom. The van der Waals surface area contributed by atoms with Crippen LogP contribution in [0.25, 0.3) is 11.0 Å². The molecule has 3 N–H and O–H groups in total. The van der Waals surface area contributed by atoms with E-state index < -0.39 is 5.54 Å². The van der Waals surface area contributed by atoms with E-state index in [-0.39, 0.29) is 6.61 Å². The first-order valence-electron chi connectivity index (χ1n) is 10.3. The summed E-state index contributed by atoms with van der Waals surface area (Å²) in [6.45, 7) is 4.58. The van der Waals surface area contributed by atoms with Crippen LogP contribution in [0.15, 0.2) is 60.8 Å². The molecule has 0 spiro atoms. The van der Waals surface area contributed by atoms with E-state index in [0.717, 1.165) is 28.2 Å². The molecule has 0 amide bonds. The standard InChI is InChI=1S/C24H26ClN5O2/c1-24(2,15-31)29-18-7-10-20-21(12-18)30(3)23(28-20)27-13-16-4-8-19(9-5-16)32-22-11-6-17(25)14-26-22/h4-12,14,29,31H,13,15H2,1-3H3,(H,27,28). The maximum atomic E-state index is 9.50. The second-order valence-corrected chi connectivity index (χ2v) is 8.72. The number of rotatable bonds is 8. The number of aromatic nitrogens is 3. The van der Waals surface area contributed by atoms with Gasteiger partial charge in [0.2, 0.25) is 11.8 Å². The van der Waals surface area contributed by atoms with Crippen LogP contribution in [-0.2, 0) is 13.6 Å². The highest BCUT2D eigenvalue weighted by Crippen LogP contribution is 2.25. The Kier molecular flexibility index (Phi) is 6.21. The number of nitrogens with zero attached hydrogens (tertiary/aromatic N) is 3. The summed E-state index contributed by atoms with van der Waals surface area (Å²) in [6.07, 6.45) is 1.55. The molecule has 0 aliphatic rings. The van der Waals surface area contributed by atoms with E-state index in [9.17, 15) is 5.11 Å². The van der Waals surface area contributed by atoms with E-state index in [0.29, 0.717) is 23.2 Å². The Labute approximate surface area is 192 Å². The van der Waals surface area contributed by atoms with Crippen LogP contribution < -0.4 is 15.4 Å². The molecule has 0 atom stereocenters. The normalized spacial score (nSPS) is 11.5. The number of aliphatic hydroxyl groups excluding tert-OH is 1. The van der Waals surface area contributed by atoms with Crippen molar-refractivity contribution in [3.05, 3.63) is 71.4 Å². The number of hydrogen-bond donors (Lipinski definition) is 3. The van der Waals surface area contributed by atoms with Gasteiger partial charge in [-0.05, 0) is 55.8 Å². The Bertz CT molecular complexity index is 1200. The van der Waals surface area contributed by atoms with Crippen LogP contribution in [0.4, 0.5) is 11.6 Å². The molecule has 0 aliphatic carbocycles. The first-order valence-corrected chi connectivity index (χ1v) is 10.7. The number of nitrogens with one attached hydrogen (secondary N) is 2. The highest BCUT2D eigenvalue weighted by molar-refractivity contribution is 6.30. The van der Waals surface area contributed by atoms with Crippen LogP contribution in [0, 0.1) is 0 Å². The van der Waals surface area contributed by atoms with Crippen LogP contribution in [0.1, 0.15) is 19.4 Å². The van der Waals surface area contributed by atoms with Crippen LogP contribution >= 0.6 is 11.6 Å². The fraction of sp³-hybridized carbons (Fsp3) is 0.250. The van der Waals surface area contributed by atoms with Crippen molar-refractivity contribution in [3.63, 3.8) is 0 Å². The summed E-state index contributed by atoms with van der Waals surface area (Å²) in [5, 5.41) is 16.8. The zero-order valence-electron chi connectivity index (χ0n) is 18.3. The highest BCUT2D eigenvalue weighted by atomic mass is 35.5. The number of benzene rings is 2. The number of imidazole rings is 1. The van der Waals surface area contributed by atoms with Crippen LogP contribution in [0.2, 0.25) is 5.02 Å². The molecule has 166 valence electrons. The van der Waals surface area contributed by atoms with Gasteiger partial charge in [-0.3, -0.25) is 0 Å². The van der Waals surface area contributed by atoms with Gasteiger partial charge in [-0.1, -0.05) is 23.7 Å². The molecular weight excluding hydrogens is 426 g/mol. The van der Waals surface area contributed by atoms with Crippen molar-refractivity contribution < 1.29 is 9.84 Å². The van der Waals surface area contributed by atoms with Crippen LogP contribution in [0.5, 0.6) is 11.6 Å². The Morgan fingerprint density at radius 1 is 1.09 bits per heavy atom. The highest BCUT2D eigenvalue weighted by Gasteiger charge is 2.16. The van der Waals surface area contributed by atoms with Crippen molar-refractivity contribution in [1.82, 2.24) is 14.5 Å². The van der Waals surface area contributed by atoms with E-state index in [4.69, 9.17) is 21.3 Å². The number of pyridine rings is 1. The van der Waals surface area contributed by atoms with E-state index in [1.165, 1.54) is 0 Å². The topological polar surface area (TPSA) is 84.2 Å². The molecule has 0 radical (unpaired) electrons. The molecule has 4 rings (SSSR count). The zero-order valence-corrected chi connectivity index (χ0v) is 19.0. The van der Waals surface area contributed by atoms with Gasteiger partial charge in [0.1, 0.15) is 5.75 Å². The molecule has 0 saturated carbocycles. The maximum Gasteiger partial charge on any atom is 0.219 e. The summed E-state index contributed by atoms with van der Waals surface area (Å²) in [4.78, 5) is 8.84. The molecule has 2 aromatic heterocycles. The fourth-order valence-corrected chi connectivity index (χ4v) is 3.37. The Balaban J connectivity index is 1.42. The quantitative estimate of drug-likeness (QED) is 0.341. The van der Waals surface area contributed by atoms with Crippen LogP contribution in [-0.4, -0.2) is 31.8 Å². The minimum atomic E-state index is -0.396. The number of fused-ring (bicyclic) bond motifs is 1. The fourth-order valence-electron chi connectivity index (χ4n) is 3.26. The first kappa shape index (κ1) is 21.9. The SMILES string of the molecule is Cn1c(NCc2ccc(Oc3ccc(Cl)cn3)cc2)nc2ccc(NC(C)(C)CO)cc21. The number of hydrogen-bond acceptors (Lipinski definition) is 6. The molecule has 32 heavy (non-hydrogen) atoms. The third kappa shape index (κ3) is 5.12. The molecule has 8 heteroatoms. The first-order chi connectivity index (χ1) is 15.3. The molecular formula is C24H26ClN5O2. The number of anilines is 2. The second-order valence-electron chi connectivity index (χ2n) is 8.28. The van der Waals surface area contributed by atoms with Crippen molar-refractivity contribution in [2.75, 3.05) is 17.2 Å². The lowest BCUT2D eigenvalue weighted by molar-refractivity contribution is 0.234. The third-order valence-electron chi connectivity index (χ3n) is 5.06. The van der Waals surface area contributed by atoms with E-state index in [1.807, 2.05) is 67.9 Å². The predicted octanol–water partition coefficient (Wildman–Crippen LogP) is 5.21. The molecule has 2 heterocycles. The van der Waals surface area contributed by atoms with Crippen molar-refractivity contribution >= 4 is 34.3 Å². The molecule has 0 bridgehead atoms. The summed E-state index contributed by atoms with van der Waals surface area (Å²) in [7, 11) is 1.98. The average molecular weight is 452 g/mol. The van der Waals surface area contributed by atoms with Gasteiger partial charge in [-0.15, -0.1) is 0 Å². The molecule has 0 saturated heterocycles. The largest absolute Gasteiger partial charge is 0.439 e. The van der Waals surface area contributed by atoms with E-state index in [1.54, 1.807) is 18.3 Å². The number of aryl methyl sites for hydroxylation is 1. The van der Waals surface area contributed by atoms with E-state index in [2.05, 4.69) is 15.6 Å². The zero-order chi connectivity index (χ0) is 22.7. The lowest BCUT2D eigenvalue weighted by atomic mass is 10.1.